The quantitative estimate of drug-likeness (QED) is 0.608. The molecule has 0 bridgehead atoms. The molecule has 1 aromatic carbocycles. The van der Waals surface area contributed by atoms with Gasteiger partial charge in [0.2, 0.25) is 0 Å². The van der Waals surface area contributed by atoms with Crippen LogP contribution in [-0.4, -0.2) is 7.11 Å². The smallest absolute Gasteiger partial charge is 0.497 e. The van der Waals surface area contributed by atoms with Gasteiger partial charge < -0.3 is 11.7 Å². The fourth-order valence-corrected chi connectivity index (χ4v) is 2.10. The normalized spacial score (nSPS) is 9.00. The van der Waals surface area contributed by atoms with E-state index in [1.807, 2.05) is 12.1 Å². The summed E-state index contributed by atoms with van der Waals surface area (Å²) >= 11 is 1.80. The molecule has 0 saturated heterocycles. The van der Waals surface area contributed by atoms with Gasteiger partial charge in [0.1, 0.15) is 5.75 Å². The summed E-state index contributed by atoms with van der Waals surface area (Å²) in [6, 6.07) is 12.5. The second-order valence-corrected chi connectivity index (χ2v) is 4.99. The SMILES string of the molecule is COc1ccc(Cc2cccs2)cc1.[CH2-]CCC.[Li+]. The van der Waals surface area contributed by atoms with Crippen LogP contribution >= 0.6 is 11.3 Å². The predicted molar refractivity (Wildman–Crippen MR) is 80.4 cm³/mol. The first-order valence-corrected chi connectivity index (χ1v) is 7.12. The summed E-state index contributed by atoms with van der Waals surface area (Å²) in [6.07, 6.45) is 3.29. The van der Waals surface area contributed by atoms with Crippen molar-refractivity contribution >= 4 is 11.3 Å². The van der Waals surface area contributed by atoms with Gasteiger partial charge in [-0.25, -0.2) is 0 Å². The molecule has 0 saturated carbocycles. The van der Waals surface area contributed by atoms with Crippen molar-refractivity contribution in [3.05, 3.63) is 59.1 Å². The molecule has 1 heterocycles. The van der Waals surface area contributed by atoms with E-state index >= 15 is 0 Å². The van der Waals surface area contributed by atoms with Crippen molar-refractivity contribution in [3.8, 4) is 5.75 Å². The Labute approximate surface area is 133 Å². The van der Waals surface area contributed by atoms with E-state index in [9.17, 15) is 0 Å². The van der Waals surface area contributed by atoms with E-state index in [-0.39, 0.29) is 18.9 Å². The maximum atomic E-state index is 5.11. The molecule has 0 aliphatic heterocycles. The van der Waals surface area contributed by atoms with Crippen LogP contribution < -0.4 is 23.6 Å². The first kappa shape index (κ1) is 18.3. The summed E-state index contributed by atoms with van der Waals surface area (Å²) < 4.78 is 5.11. The van der Waals surface area contributed by atoms with Crippen LogP contribution in [0.15, 0.2) is 41.8 Å². The third-order valence-corrected chi connectivity index (χ3v) is 3.35. The average Bonchev–Trinajstić information content (AvgIpc) is 2.93. The monoisotopic (exact) mass is 268 g/mol. The van der Waals surface area contributed by atoms with Crippen molar-refractivity contribution in [1.82, 2.24) is 0 Å². The van der Waals surface area contributed by atoms with E-state index in [1.54, 1.807) is 18.4 Å². The van der Waals surface area contributed by atoms with Crippen LogP contribution in [0.2, 0.25) is 0 Å². The molecule has 2 aromatic rings. The van der Waals surface area contributed by atoms with Gasteiger partial charge in [-0.2, -0.15) is 6.42 Å². The second-order valence-electron chi connectivity index (χ2n) is 3.96. The molecular weight excluding hydrogens is 247 g/mol. The topological polar surface area (TPSA) is 9.23 Å². The van der Waals surface area contributed by atoms with Crippen molar-refractivity contribution in [2.45, 2.75) is 26.2 Å². The Balaban J connectivity index is 0.000000576. The molecule has 0 N–H and O–H groups in total. The van der Waals surface area contributed by atoms with Crippen molar-refractivity contribution in [3.63, 3.8) is 0 Å². The maximum Gasteiger partial charge on any atom is 1.00 e. The van der Waals surface area contributed by atoms with Gasteiger partial charge in [-0.1, -0.05) is 31.5 Å². The van der Waals surface area contributed by atoms with Crippen molar-refractivity contribution < 1.29 is 23.6 Å². The molecular formula is C16H21LiOS. The van der Waals surface area contributed by atoms with E-state index in [1.165, 1.54) is 16.9 Å². The zero-order valence-electron chi connectivity index (χ0n) is 12.2. The number of hydrogen-bond acceptors (Lipinski definition) is 2. The van der Waals surface area contributed by atoms with Gasteiger partial charge in [-0.15, -0.1) is 11.3 Å². The number of thiophene rings is 1. The zero-order valence-corrected chi connectivity index (χ0v) is 13.0. The van der Waals surface area contributed by atoms with Crippen molar-refractivity contribution in [2.75, 3.05) is 7.11 Å². The molecule has 0 radical (unpaired) electrons. The largest absolute Gasteiger partial charge is 1.00 e. The second kappa shape index (κ2) is 11.2. The van der Waals surface area contributed by atoms with E-state index in [0.29, 0.717) is 0 Å². The Morgan fingerprint density at radius 1 is 1.16 bits per heavy atom. The van der Waals surface area contributed by atoms with Gasteiger partial charge in [0.15, 0.2) is 0 Å². The third-order valence-electron chi connectivity index (χ3n) is 2.47. The molecule has 1 aromatic heterocycles. The summed E-state index contributed by atoms with van der Waals surface area (Å²) in [5.74, 6) is 0.917. The van der Waals surface area contributed by atoms with Gasteiger partial charge in [-0.3, -0.25) is 0 Å². The zero-order chi connectivity index (χ0) is 13.2. The fourth-order valence-electron chi connectivity index (χ4n) is 1.36. The summed E-state index contributed by atoms with van der Waals surface area (Å²) in [5.41, 5.74) is 1.33. The molecule has 0 aliphatic carbocycles. The van der Waals surface area contributed by atoms with Crippen LogP contribution in [0.5, 0.6) is 5.75 Å². The predicted octanol–water partition coefficient (Wildman–Crippen LogP) is 1.97. The first-order valence-electron chi connectivity index (χ1n) is 6.24. The Bertz CT molecular complexity index is 407. The number of methoxy groups -OCH3 is 1. The van der Waals surface area contributed by atoms with Crippen LogP contribution in [0, 0.1) is 6.92 Å². The third kappa shape index (κ3) is 7.47. The minimum Gasteiger partial charge on any atom is -0.497 e. The average molecular weight is 268 g/mol. The van der Waals surface area contributed by atoms with E-state index in [2.05, 4.69) is 43.5 Å². The molecule has 0 amide bonds. The minimum atomic E-state index is 0. The van der Waals surface area contributed by atoms with Crippen molar-refractivity contribution in [1.29, 1.82) is 0 Å². The number of ether oxygens (including phenoxy) is 1. The minimum absolute atomic E-state index is 0. The van der Waals surface area contributed by atoms with E-state index in [4.69, 9.17) is 4.74 Å². The maximum absolute atomic E-state index is 5.11. The van der Waals surface area contributed by atoms with Crippen LogP contribution in [0.25, 0.3) is 0 Å². The molecule has 0 unspecified atom stereocenters. The Kier molecular flexibility index (Phi) is 10.8. The van der Waals surface area contributed by atoms with Crippen molar-refractivity contribution in [2.24, 2.45) is 0 Å². The summed E-state index contributed by atoms with van der Waals surface area (Å²) in [7, 11) is 1.69. The first-order chi connectivity index (χ1) is 8.80. The van der Waals surface area contributed by atoms with Gasteiger partial charge in [0.05, 0.1) is 7.11 Å². The van der Waals surface area contributed by atoms with Crippen LogP contribution in [-0.2, 0) is 6.42 Å². The van der Waals surface area contributed by atoms with E-state index in [0.717, 1.165) is 18.6 Å². The molecule has 98 valence electrons. The Hall–Kier alpha value is -0.683. The number of hydrogen-bond donors (Lipinski definition) is 0. The molecule has 19 heavy (non-hydrogen) atoms. The molecule has 2 rings (SSSR count). The number of unbranched alkanes of at least 4 members (excludes halogenated alkanes) is 1. The molecule has 0 fully saturated rings. The standard InChI is InChI=1S/C12H12OS.C4H9.Li/c1-13-11-6-4-10(5-7-11)9-12-3-2-8-14-12;1-3-4-2;/h2-8H,9H2,1H3;1,3-4H2,2H3;/q;-1;+1. The van der Waals surface area contributed by atoms with Gasteiger partial charge in [0.25, 0.3) is 0 Å². The van der Waals surface area contributed by atoms with Gasteiger partial charge >= 0.3 is 18.9 Å². The molecule has 0 atom stereocenters. The summed E-state index contributed by atoms with van der Waals surface area (Å²) in [4.78, 5) is 1.40. The number of benzene rings is 1. The molecule has 3 heteroatoms. The summed E-state index contributed by atoms with van der Waals surface area (Å²) in [6.45, 7) is 5.72. The number of rotatable bonds is 4. The van der Waals surface area contributed by atoms with Gasteiger partial charge in [0, 0.05) is 11.3 Å². The van der Waals surface area contributed by atoms with Crippen LogP contribution in [0.3, 0.4) is 0 Å². The van der Waals surface area contributed by atoms with Crippen LogP contribution in [0.4, 0.5) is 0 Å². The molecule has 0 aliphatic rings. The van der Waals surface area contributed by atoms with Gasteiger partial charge in [-0.05, 0) is 29.1 Å². The van der Waals surface area contributed by atoms with E-state index < -0.39 is 0 Å². The molecule has 1 nitrogen and oxygen atoms in total. The van der Waals surface area contributed by atoms with Crippen LogP contribution in [0.1, 0.15) is 30.2 Å². The Morgan fingerprint density at radius 2 is 1.79 bits per heavy atom. The Morgan fingerprint density at radius 3 is 2.21 bits per heavy atom. The fraction of sp³-hybridized carbons (Fsp3) is 0.312. The molecule has 0 spiro atoms. The summed E-state index contributed by atoms with van der Waals surface area (Å²) in [5, 5.41) is 2.11.